The predicted octanol–water partition coefficient (Wildman–Crippen LogP) is 4.06. The maximum atomic E-state index is 6.13. The third-order valence-corrected chi connectivity index (χ3v) is 5.61. The Hall–Kier alpha value is -0.980. The molecule has 4 rings (SSSR count). The number of benzene rings is 1. The molecule has 2 atom stereocenters. The summed E-state index contributed by atoms with van der Waals surface area (Å²) in [5, 5.41) is 4.64. The second-order valence-corrected chi connectivity index (χ2v) is 7.28. The molecule has 3 heterocycles. The number of rotatable bonds is 2. The van der Waals surface area contributed by atoms with Crippen molar-refractivity contribution in [3.05, 3.63) is 34.3 Å². The van der Waals surface area contributed by atoms with Crippen LogP contribution in [0.2, 0.25) is 10.0 Å². The highest BCUT2D eigenvalue weighted by Gasteiger charge is 2.35. The lowest BCUT2D eigenvalue weighted by Gasteiger charge is -2.24. The van der Waals surface area contributed by atoms with Crippen molar-refractivity contribution < 1.29 is 0 Å². The van der Waals surface area contributed by atoms with Gasteiger partial charge in [-0.3, -0.25) is 0 Å². The molecule has 0 spiro atoms. The fourth-order valence-corrected chi connectivity index (χ4v) is 3.95. The summed E-state index contributed by atoms with van der Waals surface area (Å²) < 4.78 is 0. The summed E-state index contributed by atoms with van der Waals surface area (Å²) in [5.74, 6) is 1.83. The highest BCUT2D eigenvalue weighted by atomic mass is 35.5. The Labute approximate surface area is 175 Å². The van der Waals surface area contributed by atoms with E-state index in [1.165, 1.54) is 12.8 Å². The predicted molar refractivity (Wildman–Crippen MR) is 113 cm³/mol. The molecule has 0 saturated carbocycles. The van der Waals surface area contributed by atoms with E-state index < -0.39 is 0 Å². The molecule has 2 aliphatic rings. The van der Waals surface area contributed by atoms with Crippen LogP contribution in [0.5, 0.6) is 0 Å². The minimum atomic E-state index is 0. The second kappa shape index (κ2) is 8.81. The normalized spacial score (nSPS) is 21.5. The van der Waals surface area contributed by atoms with Gasteiger partial charge in [-0.2, -0.15) is 4.98 Å². The van der Waals surface area contributed by atoms with Crippen LogP contribution in [0.15, 0.2) is 24.3 Å². The largest absolute Gasteiger partial charge is 0.368 e. The van der Waals surface area contributed by atoms with E-state index in [4.69, 9.17) is 28.9 Å². The van der Waals surface area contributed by atoms with Gasteiger partial charge in [0.15, 0.2) is 0 Å². The lowest BCUT2D eigenvalue weighted by atomic mass is 9.94. The van der Waals surface area contributed by atoms with Crippen LogP contribution < -0.4 is 16.0 Å². The first-order valence-electron chi connectivity index (χ1n) is 8.18. The topological polar surface area (TPSA) is 67.1 Å². The molecule has 0 amide bonds. The Bertz CT molecular complexity index is 759. The molecule has 0 bridgehead atoms. The maximum Gasteiger partial charge on any atom is 0.222 e. The van der Waals surface area contributed by atoms with E-state index in [2.05, 4.69) is 20.2 Å². The maximum absolute atomic E-state index is 6.13. The van der Waals surface area contributed by atoms with Gasteiger partial charge in [-0.05, 0) is 37.4 Å². The van der Waals surface area contributed by atoms with Crippen LogP contribution in [-0.2, 0) is 0 Å². The minimum absolute atomic E-state index is 0. The van der Waals surface area contributed by atoms with Crippen LogP contribution in [-0.4, -0.2) is 35.6 Å². The van der Waals surface area contributed by atoms with Crippen molar-refractivity contribution in [1.29, 1.82) is 0 Å². The zero-order chi connectivity index (χ0) is 16.7. The first kappa shape index (κ1) is 21.3. The quantitative estimate of drug-likeness (QED) is 0.742. The Morgan fingerprint density at radius 1 is 1.08 bits per heavy atom. The van der Waals surface area contributed by atoms with Crippen molar-refractivity contribution in [3.63, 3.8) is 0 Å². The minimum Gasteiger partial charge on any atom is -0.368 e. The van der Waals surface area contributed by atoms with Gasteiger partial charge in [-0.25, -0.2) is 4.98 Å². The first-order valence-corrected chi connectivity index (χ1v) is 8.94. The smallest absolute Gasteiger partial charge is 0.222 e. The van der Waals surface area contributed by atoms with E-state index in [-0.39, 0.29) is 30.8 Å². The van der Waals surface area contributed by atoms with E-state index >= 15 is 0 Å². The first-order chi connectivity index (χ1) is 11.6. The van der Waals surface area contributed by atoms with E-state index in [0.29, 0.717) is 22.0 Å². The van der Waals surface area contributed by atoms with Gasteiger partial charge in [0.05, 0.1) is 15.7 Å². The van der Waals surface area contributed by atoms with Gasteiger partial charge < -0.3 is 16.0 Å². The molecule has 9 heteroatoms. The third-order valence-electron chi connectivity index (χ3n) is 4.87. The Balaban J connectivity index is 0.00000121. The molecular formula is C17H21Cl4N5. The van der Waals surface area contributed by atoms with Crippen LogP contribution in [0.3, 0.4) is 0 Å². The van der Waals surface area contributed by atoms with Crippen LogP contribution >= 0.6 is 48.0 Å². The molecular weight excluding hydrogens is 416 g/mol. The van der Waals surface area contributed by atoms with Gasteiger partial charge in [0, 0.05) is 30.8 Å². The number of nitrogen functional groups attached to an aromatic ring is 1. The molecule has 142 valence electrons. The van der Waals surface area contributed by atoms with Crippen LogP contribution in [0.1, 0.15) is 12.8 Å². The molecule has 2 saturated heterocycles. The molecule has 2 fully saturated rings. The van der Waals surface area contributed by atoms with Gasteiger partial charge in [-0.1, -0.05) is 29.3 Å². The number of aromatic nitrogens is 2. The summed E-state index contributed by atoms with van der Waals surface area (Å²) in [6.45, 7) is 3.08. The third kappa shape index (κ3) is 4.29. The molecule has 3 N–H and O–H groups in total. The molecule has 2 aliphatic heterocycles. The van der Waals surface area contributed by atoms with Crippen LogP contribution in [0, 0.1) is 5.92 Å². The number of hydrogen-bond acceptors (Lipinski definition) is 5. The van der Waals surface area contributed by atoms with Gasteiger partial charge >= 0.3 is 0 Å². The van der Waals surface area contributed by atoms with Crippen molar-refractivity contribution in [1.82, 2.24) is 15.3 Å². The lowest BCUT2D eigenvalue weighted by molar-refractivity contribution is 0.340. The SMILES string of the molecule is Cl.Cl.Nc1nc(-c2ccc(Cl)c(Cl)c2)cc(N2C[C@H]3CCCN[C@H]3C2)n1. The van der Waals surface area contributed by atoms with Gasteiger partial charge in [0.25, 0.3) is 0 Å². The average Bonchev–Trinajstić information content (AvgIpc) is 3.01. The molecule has 1 aromatic heterocycles. The van der Waals surface area contributed by atoms with Crippen molar-refractivity contribution in [2.45, 2.75) is 18.9 Å². The average molecular weight is 437 g/mol. The second-order valence-electron chi connectivity index (χ2n) is 6.47. The lowest BCUT2D eigenvalue weighted by Crippen LogP contribution is -2.40. The molecule has 0 unspecified atom stereocenters. The molecule has 1 aromatic carbocycles. The Kier molecular flexibility index (Phi) is 7.22. The number of nitrogens with zero attached hydrogens (tertiary/aromatic N) is 3. The van der Waals surface area contributed by atoms with Crippen molar-refractivity contribution in [2.24, 2.45) is 5.92 Å². The number of nitrogens with two attached hydrogens (primary N) is 1. The summed E-state index contributed by atoms with van der Waals surface area (Å²) in [6.07, 6.45) is 2.52. The molecule has 5 nitrogen and oxygen atoms in total. The number of anilines is 2. The van der Waals surface area contributed by atoms with E-state index in [1.54, 1.807) is 12.1 Å². The number of fused-ring (bicyclic) bond motifs is 1. The summed E-state index contributed by atoms with van der Waals surface area (Å²) in [4.78, 5) is 11.1. The van der Waals surface area contributed by atoms with Crippen LogP contribution in [0.25, 0.3) is 11.3 Å². The summed E-state index contributed by atoms with van der Waals surface area (Å²) in [6, 6.07) is 7.99. The highest BCUT2D eigenvalue weighted by molar-refractivity contribution is 6.42. The number of piperidine rings is 1. The van der Waals surface area contributed by atoms with Crippen molar-refractivity contribution in [2.75, 3.05) is 30.3 Å². The fourth-order valence-electron chi connectivity index (χ4n) is 3.65. The Morgan fingerprint density at radius 3 is 2.62 bits per heavy atom. The van der Waals surface area contributed by atoms with Gasteiger partial charge in [0.2, 0.25) is 5.95 Å². The number of halogens is 4. The van der Waals surface area contributed by atoms with Crippen LogP contribution in [0.4, 0.5) is 11.8 Å². The van der Waals surface area contributed by atoms with E-state index in [9.17, 15) is 0 Å². The standard InChI is InChI=1S/C17H19Cl2N5.2ClH/c18-12-4-3-10(6-13(12)19)14-7-16(23-17(20)22-14)24-8-11-2-1-5-21-15(11)9-24;;/h3-4,6-7,11,15,21H,1-2,5,8-9H2,(H2,20,22,23);2*1H/t11-,15+;;/m1../s1. The molecule has 0 aliphatic carbocycles. The van der Waals surface area contributed by atoms with E-state index in [0.717, 1.165) is 36.7 Å². The van der Waals surface area contributed by atoms with Gasteiger partial charge in [-0.15, -0.1) is 24.8 Å². The summed E-state index contributed by atoms with van der Waals surface area (Å²) in [7, 11) is 0. The zero-order valence-corrected chi connectivity index (χ0v) is 17.1. The molecule has 26 heavy (non-hydrogen) atoms. The zero-order valence-electron chi connectivity index (χ0n) is 14.0. The van der Waals surface area contributed by atoms with Crippen molar-refractivity contribution in [3.8, 4) is 11.3 Å². The number of nitrogens with one attached hydrogen (secondary N) is 1. The summed E-state index contributed by atoms with van der Waals surface area (Å²) >= 11 is 12.1. The van der Waals surface area contributed by atoms with E-state index in [1.807, 2.05) is 12.1 Å². The van der Waals surface area contributed by atoms with Gasteiger partial charge in [0.1, 0.15) is 5.82 Å². The monoisotopic (exact) mass is 435 g/mol. The van der Waals surface area contributed by atoms with Crippen molar-refractivity contribution >= 4 is 59.8 Å². The summed E-state index contributed by atoms with van der Waals surface area (Å²) in [5.41, 5.74) is 7.60. The fraction of sp³-hybridized carbons (Fsp3) is 0.412. The Morgan fingerprint density at radius 2 is 1.88 bits per heavy atom. The highest BCUT2D eigenvalue weighted by Crippen LogP contribution is 2.32. The number of hydrogen-bond donors (Lipinski definition) is 2. The molecule has 0 radical (unpaired) electrons. The molecule has 2 aromatic rings.